The number of carbonyl (C=O) groups is 1. The number of carboxylic acids is 1. The van der Waals surface area contributed by atoms with Gasteiger partial charge in [-0.25, -0.2) is 4.79 Å². The number of hydrogen-bond acceptors (Lipinski definition) is 6. The minimum atomic E-state index is -1.25. The van der Waals surface area contributed by atoms with E-state index in [-0.39, 0.29) is 6.73 Å². The second kappa shape index (κ2) is 11.1. The number of halogens is 1. The van der Waals surface area contributed by atoms with Crippen LogP contribution in [-0.2, 0) is 9.53 Å². The largest absolute Gasteiger partial charge is 0.490 e. The lowest BCUT2D eigenvalue weighted by molar-refractivity contribution is -0.160. The van der Waals surface area contributed by atoms with E-state index in [1.165, 1.54) is 0 Å². The molecule has 208 valence electrons. The third-order valence-corrected chi connectivity index (χ3v) is 7.49. The third-order valence-electron chi connectivity index (χ3n) is 7.07. The number of nitrogens with one attached hydrogen (secondary N) is 2. The first kappa shape index (κ1) is 28.7. The molecule has 4 rings (SSSR count). The van der Waals surface area contributed by atoms with Gasteiger partial charge in [-0.05, 0) is 106 Å². The Labute approximate surface area is 235 Å². The average Bonchev–Trinajstić information content (AvgIpc) is 2.87. The highest BCUT2D eigenvalue weighted by molar-refractivity contribution is 6.31. The summed E-state index contributed by atoms with van der Waals surface area (Å²) in [5, 5.41) is 27.7. The molecule has 7 nitrogen and oxygen atoms in total. The van der Waals surface area contributed by atoms with Crippen LogP contribution in [0.25, 0.3) is 22.3 Å². The summed E-state index contributed by atoms with van der Waals surface area (Å²) in [6, 6.07) is 9.71. The zero-order valence-electron chi connectivity index (χ0n) is 23.6. The van der Waals surface area contributed by atoms with E-state index in [4.69, 9.17) is 21.1 Å². The zero-order chi connectivity index (χ0) is 28.6. The van der Waals surface area contributed by atoms with Crippen molar-refractivity contribution < 1.29 is 24.5 Å². The molecule has 1 aliphatic rings. The summed E-state index contributed by atoms with van der Waals surface area (Å²) in [4.78, 5) is 12.8. The van der Waals surface area contributed by atoms with Gasteiger partial charge in [0.15, 0.2) is 6.10 Å². The van der Waals surface area contributed by atoms with Gasteiger partial charge in [-0.1, -0.05) is 23.7 Å². The van der Waals surface area contributed by atoms with E-state index in [9.17, 15) is 15.0 Å². The molecule has 0 amide bonds. The Balaban J connectivity index is 2.16. The van der Waals surface area contributed by atoms with Gasteiger partial charge in [0.1, 0.15) is 19.1 Å². The Morgan fingerprint density at radius 1 is 1.10 bits per heavy atom. The van der Waals surface area contributed by atoms with E-state index in [1.807, 2.05) is 78.8 Å². The van der Waals surface area contributed by atoms with Crippen LogP contribution in [0.5, 0.6) is 5.75 Å². The summed E-state index contributed by atoms with van der Waals surface area (Å²) >= 11 is 6.36. The molecule has 4 N–H and O–H groups in total. The average molecular weight is 553 g/mol. The van der Waals surface area contributed by atoms with Gasteiger partial charge in [0, 0.05) is 28.4 Å². The normalized spacial score (nSPS) is 13.8. The van der Waals surface area contributed by atoms with E-state index < -0.39 is 17.7 Å². The fraction of sp³-hybridized carbons (Fsp3) is 0.387. The van der Waals surface area contributed by atoms with Crippen LogP contribution in [0.15, 0.2) is 30.3 Å². The first-order chi connectivity index (χ1) is 18.4. The first-order valence-electron chi connectivity index (χ1n) is 13.0. The fourth-order valence-corrected chi connectivity index (χ4v) is 5.50. The Hall–Kier alpha value is -3.26. The van der Waals surface area contributed by atoms with E-state index in [0.717, 1.165) is 50.4 Å². The molecule has 0 bridgehead atoms. The van der Waals surface area contributed by atoms with Crippen molar-refractivity contribution in [3.05, 3.63) is 63.2 Å². The Morgan fingerprint density at radius 2 is 1.82 bits per heavy atom. The van der Waals surface area contributed by atoms with Gasteiger partial charge in [-0.3, -0.25) is 0 Å². The number of aliphatic hydroxyl groups is 1. The van der Waals surface area contributed by atoms with Crippen molar-refractivity contribution in [2.45, 2.75) is 60.2 Å². The molecule has 3 aromatic rings. The maximum atomic E-state index is 12.8. The van der Waals surface area contributed by atoms with Gasteiger partial charge < -0.3 is 30.3 Å². The summed E-state index contributed by atoms with van der Waals surface area (Å²) in [7, 11) is 0. The summed E-state index contributed by atoms with van der Waals surface area (Å²) in [6.45, 7) is 14.3. The van der Waals surface area contributed by atoms with Crippen LogP contribution < -0.4 is 15.4 Å². The number of carboxylic acid groups (broad SMARTS) is 1. The van der Waals surface area contributed by atoms with Crippen molar-refractivity contribution in [1.29, 1.82) is 0 Å². The Bertz CT molecular complexity index is 1430. The maximum absolute atomic E-state index is 12.8. The van der Waals surface area contributed by atoms with Gasteiger partial charge in [0.2, 0.25) is 0 Å². The molecule has 0 fully saturated rings. The van der Waals surface area contributed by atoms with Crippen molar-refractivity contribution in [2.75, 3.05) is 30.5 Å². The summed E-state index contributed by atoms with van der Waals surface area (Å²) in [5.41, 5.74) is 8.21. The summed E-state index contributed by atoms with van der Waals surface area (Å²) in [6.07, 6.45) is -1.25. The second-order valence-corrected chi connectivity index (χ2v) is 11.3. The predicted octanol–water partition coefficient (Wildman–Crippen LogP) is 7.01. The molecule has 0 aromatic heterocycles. The fourth-order valence-electron chi connectivity index (χ4n) is 5.38. The number of anilines is 2. The molecule has 1 atom stereocenters. The van der Waals surface area contributed by atoms with Crippen LogP contribution in [0.2, 0.25) is 5.02 Å². The van der Waals surface area contributed by atoms with Gasteiger partial charge in [0.05, 0.1) is 11.3 Å². The smallest absolute Gasteiger partial charge is 0.337 e. The highest BCUT2D eigenvalue weighted by atomic mass is 35.5. The molecule has 0 aliphatic carbocycles. The molecule has 8 heteroatoms. The highest BCUT2D eigenvalue weighted by Crippen LogP contribution is 2.49. The van der Waals surface area contributed by atoms with Gasteiger partial charge >= 0.3 is 5.97 Å². The van der Waals surface area contributed by atoms with E-state index >= 15 is 0 Å². The van der Waals surface area contributed by atoms with Gasteiger partial charge in [-0.15, -0.1) is 0 Å². The van der Waals surface area contributed by atoms with Crippen LogP contribution in [-0.4, -0.2) is 41.7 Å². The number of aliphatic carboxylic acids is 1. The van der Waals surface area contributed by atoms with Crippen LogP contribution in [0.3, 0.4) is 0 Å². The summed E-state index contributed by atoms with van der Waals surface area (Å²) in [5.74, 6) is -0.318. The maximum Gasteiger partial charge on any atom is 0.337 e. The van der Waals surface area contributed by atoms with Crippen LogP contribution >= 0.6 is 11.6 Å². The lowest BCUT2D eigenvalue weighted by Crippen LogP contribution is -2.29. The lowest BCUT2D eigenvalue weighted by atomic mass is 9.81. The van der Waals surface area contributed by atoms with E-state index in [1.54, 1.807) is 0 Å². The van der Waals surface area contributed by atoms with Crippen molar-refractivity contribution in [2.24, 2.45) is 0 Å². The van der Waals surface area contributed by atoms with Gasteiger partial charge in [-0.2, -0.15) is 0 Å². The number of aliphatic hydroxyl groups excluding tert-OH is 1. The molecule has 0 radical (unpaired) electrons. The highest BCUT2D eigenvalue weighted by Gasteiger charge is 2.34. The zero-order valence-corrected chi connectivity index (χ0v) is 24.3. The molecule has 39 heavy (non-hydrogen) atoms. The molecule has 1 aliphatic heterocycles. The van der Waals surface area contributed by atoms with Gasteiger partial charge in [0.25, 0.3) is 0 Å². The van der Waals surface area contributed by atoms with Crippen LogP contribution in [0, 0.1) is 27.7 Å². The number of ether oxygens (including phenoxy) is 2. The van der Waals surface area contributed by atoms with E-state index in [0.29, 0.717) is 35.0 Å². The van der Waals surface area contributed by atoms with Crippen LogP contribution in [0.1, 0.15) is 54.7 Å². The molecule has 0 saturated heterocycles. The second-order valence-electron chi connectivity index (χ2n) is 10.9. The molecular weight excluding hydrogens is 516 g/mol. The number of rotatable bonds is 7. The molecule has 1 heterocycles. The minimum absolute atomic E-state index is 0.324. The molecule has 0 spiro atoms. The molecule has 0 saturated carbocycles. The number of fused-ring (bicyclic) bond motifs is 1. The first-order valence-corrected chi connectivity index (χ1v) is 13.4. The Kier molecular flexibility index (Phi) is 8.17. The standard InChI is InChI=1S/C31H37ClN2O5/c1-16-14-20(8-10-22(16)32)24-18(3)25(21-9-11-23-27(17(21)2)33-12-13-38-23)26(19(4)28(24)34-15-35)29(30(36)37)39-31(5,6)7/h8-11,14,29,33-35H,12-13,15H2,1-7H3,(H,36,37). The predicted molar refractivity (Wildman–Crippen MR) is 157 cm³/mol. The molecule has 3 aromatic carbocycles. The van der Waals surface area contributed by atoms with E-state index in [2.05, 4.69) is 10.6 Å². The quantitative estimate of drug-likeness (QED) is 0.234. The van der Waals surface area contributed by atoms with Crippen molar-refractivity contribution in [3.63, 3.8) is 0 Å². The van der Waals surface area contributed by atoms with Crippen molar-refractivity contribution >= 4 is 28.9 Å². The number of aryl methyl sites for hydroxylation is 1. The lowest BCUT2D eigenvalue weighted by Gasteiger charge is -2.32. The monoisotopic (exact) mass is 552 g/mol. The third kappa shape index (κ3) is 5.57. The SMILES string of the molecule is Cc1cc(-c2c(C)c(-c3ccc4c(c3C)NCCO4)c(C(OC(C)(C)C)C(=O)O)c(C)c2NCO)ccc1Cl. The van der Waals surface area contributed by atoms with Crippen LogP contribution in [0.4, 0.5) is 11.4 Å². The Morgan fingerprint density at radius 3 is 2.44 bits per heavy atom. The molecule has 1 unspecified atom stereocenters. The minimum Gasteiger partial charge on any atom is -0.490 e. The van der Waals surface area contributed by atoms with Crippen molar-refractivity contribution in [1.82, 2.24) is 0 Å². The van der Waals surface area contributed by atoms with Crippen molar-refractivity contribution in [3.8, 4) is 28.0 Å². The number of hydrogen-bond donors (Lipinski definition) is 4. The summed E-state index contributed by atoms with van der Waals surface area (Å²) < 4.78 is 12.1. The molecular formula is C31H37ClN2O5. The topological polar surface area (TPSA) is 100 Å². The number of benzene rings is 3.